The highest BCUT2D eigenvalue weighted by Gasteiger charge is 2.45. The van der Waals surface area contributed by atoms with Crippen LogP contribution >= 0.6 is 0 Å². The van der Waals surface area contributed by atoms with Crippen LogP contribution in [-0.4, -0.2) is 36.5 Å². The number of carbonyl (C=O) groups is 1. The van der Waals surface area contributed by atoms with Gasteiger partial charge in [0.05, 0.1) is 0 Å². The van der Waals surface area contributed by atoms with Crippen molar-refractivity contribution in [2.45, 2.75) is 70.8 Å². The lowest BCUT2D eigenvalue weighted by atomic mass is 9.81. The van der Waals surface area contributed by atoms with Gasteiger partial charge in [-0.05, 0) is 64.0 Å². The van der Waals surface area contributed by atoms with Gasteiger partial charge in [-0.1, -0.05) is 19.8 Å². The molecule has 1 saturated heterocycles. The molecule has 0 aromatic carbocycles. The summed E-state index contributed by atoms with van der Waals surface area (Å²) in [6, 6.07) is 0.585. The molecule has 0 bridgehead atoms. The topological polar surface area (TPSA) is 32.3 Å². The number of nitrogens with one attached hydrogen (secondary N) is 1. The predicted octanol–water partition coefficient (Wildman–Crippen LogP) is 2.95. The van der Waals surface area contributed by atoms with Crippen molar-refractivity contribution >= 4 is 5.91 Å². The molecule has 3 aliphatic rings. The van der Waals surface area contributed by atoms with Gasteiger partial charge in [0.1, 0.15) is 0 Å². The molecule has 1 heterocycles. The van der Waals surface area contributed by atoms with Gasteiger partial charge in [-0.15, -0.1) is 0 Å². The van der Waals surface area contributed by atoms with Crippen molar-refractivity contribution in [3.05, 3.63) is 0 Å². The second-order valence-corrected chi connectivity index (χ2v) is 7.22. The summed E-state index contributed by atoms with van der Waals surface area (Å²) in [5.41, 5.74) is 0.00943. The van der Waals surface area contributed by atoms with Gasteiger partial charge in [0, 0.05) is 18.0 Å². The van der Waals surface area contributed by atoms with E-state index in [4.69, 9.17) is 0 Å². The molecule has 0 unspecified atom stereocenters. The van der Waals surface area contributed by atoms with Crippen LogP contribution in [0.25, 0.3) is 0 Å². The molecule has 1 N–H and O–H groups in total. The Morgan fingerprint density at radius 3 is 2.35 bits per heavy atom. The Labute approximate surface area is 123 Å². The summed E-state index contributed by atoms with van der Waals surface area (Å²) in [6.45, 7) is 5.53. The fourth-order valence-electron chi connectivity index (χ4n) is 4.20. The quantitative estimate of drug-likeness (QED) is 0.838. The molecule has 3 heteroatoms. The lowest BCUT2D eigenvalue weighted by molar-refractivity contribution is -0.143. The third-order valence-corrected chi connectivity index (χ3v) is 5.85. The molecule has 20 heavy (non-hydrogen) atoms. The molecule has 1 aliphatic heterocycles. The second-order valence-electron chi connectivity index (χ2n) is 7.22. The zero-order valence-corrected chi connectivity index (χ0v) is 13.0. The number of rotatable bonds is 5. The summed E-state index contributed by atoms with van der Waals surface area (Å²) >= 11 is 0. The van der Waals surface area contributed by atoms with Crippen molar-refractivity contribution in [3.63, 3.8) is 0 Å². The zero-order chi connectivity index (χ0) is 14.0. The van der Waals surface area contributed by atoms with Crippen molar-refractivity contribution in [1.29, 1.82) is 0 Å². The normalized spacial score (nSPS) is 26.6. The highest BCUT2D eigenvalue weighted by atomic mass is 16.2. The van der Waals surface area contributed by atoms with Gasteiger partial charge in [-0.3, -0.25) is 4.79 Å². The molecule has 0 spiro atoms. The maximum atomic E-state index is 13.2. The minimum Gasteiger partial charge on any atom is -0.339 e. The summed E-state index contributed by atoms with van der Waals surface area (Å²) in [4.78, 5) is 15.5. The summed E-state index contributed by atoms with van der Waals surface area (Å²) < 4.78 is 0. The molecule has 0 radical (unpaired) electrons. The fourth-order valence-corrected chi connectivity index (χ4v) is 4.20. The van der Waals surface area contributed by atoms with Crippen LogP contribution in [-0.2, 0) is 4.79 Å². The van der Waals surface area contributed by atoms with Crippen molar-refractivity contribution in [1.82, 2.24) is 10.2 Å². The Morgan fingerprint density at radius 2 is 1.80 bits per heavy atom. The number of piperidine rings is 1. The van der Waals surface area contributed by atoms with Crippen molar-refractivity contribution in [2.24, 2.45) is 11.3 Å². The number of amides is 1. The minimum absolute atomic E-state index is 0.00943. The molecule has 0 atom stereocenters. The number of nitrogens with zero attached hydrogens (tertiary/aromatic N) is 1. The van der Waals surface area contributed by atoms with E-state index in [2.05, 4.69) is 17.1 Å². The predicted molar refractivity (Wildman–Crippen MR) is 81.5 cm³/mol. The van der Waals surface area contributed by atoms with Gasteiger partial charge in [0.25, 0.3) is 0 Å². The maximum Gasteiger partial charge on any atom is 0.229 e. The molecule has 114 valence electrons. The zero-order valence-electron chi connectivity index (χ0n) is 13.0. The molecule has 1 amide bonds. The molecule has 2 aliphatic carbocycles. The summed E-state index contributed by atoms with van der Waals surface area (Å²) in [7, 11) is 0. The van der Waals surface area contributed by atoms with Gasteiger partial charge < -0.3 is 10.2 Å². The molecule has 0 aromatic rings. The maximum absolute atomic E-state index is 13.2. The smallest absolute Gasteiger partial charge is 0.229 e. The molecule has 0 aromatic heterocycles. The molecule has 3 nitrogen and oxygen atoms in total. The standard InChI is InChI=1S/C17H30N2O/c1-2-17(9-3-4-10-17)16(20)19(15-5-6-15)13-14-7-11-18-12-8-14/h14-15,18H,2-13H2,1H3. The summed E-state index contributed by atoms with van der Waals surface area (Å²) in [5, 5.41) is 3.43. The third-order valence-electron chi connectivity index (χ3n) is 5.85. The Morgan fingerprint density at radius 1 is 1.15 bits per heavy atom. The van der Waals surface area contributed by atoms with Crippen LogP contribution in [0, 0.1) is 11.3 Å². The first-order valence-corrected chi connectivity index (χ1v) is 8.77. The lowest BCUT2D eigenvalue weighted by Gasteiger charge is -2.37. The average molecular weight is 278 g/mol. The second kappa shape index (κ2) is 6.05. The molecular weight excluding hydrogens is 248 g/mol. The van der Waals surface area contributed by atoms with E-state index in [1.54, 1.807) is 0 Å². The summed E-state index contributed by atoms with van der Waals surface area (Å²) in [6.07, 6.45) is 10.8. The first-order valence-electron chi connectivity index (χ1n) is 8.77. The van der Waals surface area contributed by atoms with E-state index in [9.17, 15) is 4.79 Å². The van der Waals surface area contributed by atoms with Crippen LogP contribution in [0.15, 0.2) is 0 Å². The molecule has 3 fully saturated rings. The van der Waals surface area contributed by atoms with E-state index in [-0.39, 0.29) is 5.41 Å². The van der Waals surface area contributed by atoms with E-state index >= 15 is 0 Å². The van der Waals surface area contributed by atoms with Crippen molar-refractivity contribution < 1.29 is 4.79 Å². The van der Waals surface area contributed by atoms with Gasteiger partial charge in [-0.25, -0.2) is 0 Å². The SMILES string of the molecule is CCC1(C(=O)N(CC2CCNCC2)C2CC2)CCCC1. The van der Waals surface area contributed by atoms with E-state index in [1.165, 1.54) is 38.5 Å². The van der Waals surface area contributed by atoms with Gasteiger partial charge in [0.15, 0.2) is 0 Å². The van der Waals surface area contributed by atoms with Crippen LogP contribution in [0.5, 0.6) is 0 Å². The van der Waals surface area contributed by atoms with E-state index in [0.717, 1.165) is 44.8 Å². The third kappa shape index (κ3) is 2.88. The van der Waals surface area contributed by atoms with Crippen molar-refractivity contribution in [2.75, 3.05) is 19.6 Å². The molecule has 2 saturated carbocycles. The van der Waals surface area contributed by atoms with E-state index < -0.39 is 0 Å². The largest absolute Gasteiger partial charge is 0.339 e. The Hall–Kier alpha value is -0.570. The van der Waals surface area contributed by atoms with Crippen LogP contribution in [0.2, 0.25) is 0 Å². The Kier molecular flexibility index (Phi) is 4.34. The summed E-state index contributed by atoms with van der Waals surface area (Å²) in [5.74, 6) is 1.25. The first-order chi connectivity index (χ1) is 9.75. The van der Waals surface area contributed by atoms with E-state index in [0.29, 0.717) is 11.9 Å². The monoisotopic (exact) mass is 278 g/mol. The Balaban J connectivity index is 1.67. The number of hydrogen-bond acceptors (Lipinski definition) is 2. The van der Waals surface area contributed by atoms with Crippen LogP contribution < -0.4 is 5.32 Å². The lowest BCUT2D eigenvalue weighted by Crippen LogP contribution is -2.47. The molecule has 3 rings (SSSR count). The van der Waals surface area contributed by atoms with Gasteiger partial charge >= 0.3 is 0 Å². The van der Waals surface area contributed by atoms with Gasteiger partial charge in [-0.2, -0.15) is 0 Å². The highest BCUT2D eigenvalue weighted by Crippen LogP contribution is 2.44. The minimum atomic E-state index is 0.00943. The van der Waals surface area contributed by atoms with Crippen molar-refractivity contribution in [3.8, 4) is 0 Å². The van der Waals surface area contributed by atoms with Crippen LogP contribution in [0.1, 0.15) is 64.7 Å². The Bertz CT molecular complexity index is 339. The average Bonchev–Trinajstić information content (AvgIpc) is 3.22. The number of carbonyl (C=O) groups excluding carboxylic acids is 1. The van der Waals surface area contributed by atoms with Crippen LogP contribution in [0.4, 0.5) is 0 Å². The van der Waals surface area contributed by atoms with E-state index in [1.807, 2.05) is 0 Å². The van der Waals surface area contributed by atoms with Crippen LogP contribution in [0.3, 0.4) is 0 Å². The molecular formula is C17H30N2O. The number of hydrogen-bond donors (Lipinski definition) is 1. The van der Waals surface area contributed by atoms with Gasteiger partial charge in [0.2, 0.25) is 5.91 Å². The fraction of sp³-hybridized carbons (Fsp3) is 0.941. The highest BCUT2D eigenvalue weighted by molar-refractivity contribution is 5.83. The first kappa shape index (κ1) is 14.4.